The molecule has 0 radical (unpaired) electrons. The molecule has 0 aliphatic rings. The van der Waals surface area contributed by atoms with Gasteiger partial charge in [0.15, 0.2) is 0 Å². The van der Waals surface area contributed by atoms with Gasteiger partial charge in [-0.15, -0.1) is 13.2 Å². The highest BCUT2D eigenvalue weighted by Gasteiger charge is 2.00. The zero-order chi connectivity index (χ0) is 10.6. The maximum Gasteiger partial charge on any atom is -0.0202 e. The van der Waals surface area contributed by atoms with E-state index in [0.717, 1.165) is 6.42 Å². The van der Waals surface area contributed by atoms with Gasteiger partial charge in [0.1, 0.15) is 0 Å². The minimum atomic E-state index is 0.665. The second kappa shape index (κ2) is 10.6. The highest BCUT2D eigenvalue weighted by atomic mass is 14.1. The molecule has 0 heteroatoms. The van der Waals surface area contributed by atoms with Gasteiger partial charge in [0.25, 0.3) is 0 Å². The van der Waals surface area contributed by atoms with Gasteiger partial charge in [-0.05, 0) is 18.8 Å². The van der Waals surface area contributed by atoms with E-state index < -0.39 is 0 Å². The first-order valence-electron chi connectivity index (χ1n) is 6.08. The third-order valence-corrected chi connectivity index (χ3v) is 2.73. The Hall–Kier alpha value is -0.520. The van der Waals surface area contributed by atoms with Gasteiger partial charge in [-0.3, -0.25) is 0 Å². The number of hydrogen-bond acceptors (Lipinski definition) is 0. The Bertz CT molecular complexity index is 135. The normalized spacial score (nSPS) is 12.4. The van der Waals surface area contributed by atoms with E-state index in [1.807, 2.05) is 6.08 Å². The second-order valence-electron chi connectivity index (χ2n) is 4.08. The summed E-state index contributed by atoms with van der Waals surface area (Å²) in [6.07, 6.45) is 14.8. The molecule has 0 aliphatic heterocycles. The Morgan fingerprint density at radius 1 is 1.00 bits per heavy atom. The van der Waals surface area contributed by atoms with Crippen molar-refractivity contribution in [2.24, 2.45) is 5.92 Å². The van der Waals surface area contributed by atoms with Crippen LogP contribution in [0.3, 0.4) is 0 Å². The van der Waals surface area contributed by atoms with E-state index in [1.165, 1.54) is 44.9 Å². The van der Waals surface area contributed by atoms with E-state index in [2.05, 4.69) is 26.2 Å². The van der Waals surface area contributed by atoms with Crippen LogP contribution in [-0.2, 0) is 0 Å². The summed E-state index contributed by atoms with van der Waals surface area (Å²) in [5, 5.41) is 0. The first kappa shape index (κ1) is 13.5. The summed E-state index contributed by atoms with van der Waals surface area (Å²) in [6, 6.07) is 0. The third-order valence-electron chi connectivity index (χ3n) is 2.73. The minimum Gasteiger partial charge on any atom is -0.103 e. The van der Waals surface area contributed by atoms with Crippen LogP contribution >= 0.6 is 0 Å². The maximum absolute atomic E-state index is 3.86. The van der Waals surface area contributed by atoms with Crippen molar-refractivity contribution in [3.63, 3.8) is 0 Å². The predicted octanol–water partition coefficient (Wildman–Crippen LogP) is 5.12. The smallest absolute Gasteiger partial charge is 0.0202 e. The van der Waals surface area contributed by atoms with E-state index in [-0.39, 0.29) is 0 Å². The molecule has 0 fully saturated rings. The largest absolute Gasteiger partial charge is 0.103 e. The molecular weight excluding hydrogens is 168 g/mol. The van der Waals surface area contributed by atoms with Gasteiger partial charge in [0.2, 0.25) is 0 Å². The first-order valence-corrected chi connectivity index (χ1v) is 6.08. The van der Waals surface area contributed by atoms with Crippen LogP contribution in [0.4, 0.5) is 0 Å². The Morgan fingerprint density at radius 3 is 2.21 bits per heavy atom. The molecule has 0 nitrogen and oxygen atoms in total. The summed E-state index contributed by atoms with van der Waals surface area (Å²) in [4.78, 5) is 0. The fourth-order valence-electron chi connectivity index (χ4n) is 1.73. The number of rotatable bonds is 10. The Balaban J connectivity index is 3.23. The van der Waals surface area contributed by atoms with Crippen LogP contribution in [0.2, 0.25) is 0 Å². The van der Waals surface area contributed by atoms with Crippen molar-refractivity contribution in [3.05, 3.63) is 25.3 Å². The molecule has 0 spiro atoms. The molecule has 0 rings (SSSR count). The third kappa shape index (κ3) is 8.10. The number of hydrogen-bond donors (Lipinski definition) is 0. The summed E-state index contributed by atoms with van der Waals surface area (Å²) in [7, 11) is 0. The minimum absolute atomic E-state index is 0.665. The molecule has 82 valence electrons. The lowest BCUT2D eigenvalue weighted by Crippen LogP contribution is -1.94. The van der Waals surface area contributed by atoms with Gasteiger partial charge in [0, 0.05) is 0 Å². The van der Waals surface area contributed by atoms with E-state index in [4.69, 9.17) is 0 Å². The quantitative estimate of drug-likeness (QED) is 0.334. The van der Waals surface area contributed by atoms with E-state index in [9.17, 15) is 0 Å². The van der Waals surface area contributed by atoms with Gasteiger partial charge < -0.3 is 0 Å². The van der Waals surface area contributed by atoms with Crippen LogP contribution in [0.1, 0.15) is 58.3 Å². The molecule has 0 unspecified atom stereocenters. The van der Waals surface area contributed by atoms with Crippen LogP contribution in [0, 0.1) is 5.92 Å². The molecule has 0 saturated carbocycles. The van der Waals surface area contributed by atoms with Crippen molar-refractivity contribution in [1.29, 1.82) is 0 Å². The SMILES string of the molecule is C=CC[C@H](C=C)CCCCCCCC. The summed E-state index contributed by atoms with van der Waals surface area (Å²) in [5.41, 5.74) is 0. The Kier molecular flexibility index (Phi) is 10.2. The Morgan fingerprint density at radius 2 is 1.64 bits per heavy atom. The zero-order valence-electron chi connectivity index (χ0n) is 9.80. The van der Waals surface area contributed by atoms with Gasteiger partial charge in [-0.2, -0.15) is 0 Å². The first-order chi connectivity index (χ1) is 6.85. The molecule has 0 aliphatic carbocycles. The number of unbranched alkanes of at least 4 members (excludes halogenated alkanes) is 5. The summed E-state index contributed by atoms with van der Waals surface area (Å²) < 4.78 is 0. The van der Waals surface area contributed by atoms with E-state index in [0.29, 0.717) is 5.92 Å². The van der Waals surface area contributed by atoms with Crippen molar-refractivity contribution in [3.8, 4) is 0 Å². The van der Waals surface area contributed by atoms with Gasteiger partial charge in [0.05, 0.1) is 0 Å². The van der Waals surface area contributed by atoms with Crippen molar-refractivity contribution in [1.82, 2.24) is 0 Å². The van der Waals surface area contributed by atoms with Crippen LogP contribution in [0.5, 0.6) is 0 Å². The molecule has 1 atom stereocenters. The number of allylic oxidation sites excluding steroid dienone is 2. The predicted molar refractivity (Wildman–Crippen MR) is 66.5 cm³/mol. The summed E-state index contributed by atoms with van der Waals surface area (Å²) in [5.74, 6) is 0.665. The van der Waals surface area contributed by atoms with Crippen LogP contribution in [0.25, 0.3) is 0 Å². The second-order valence-corrected chi connectivity index (χ2v) is 4.08. The maximum atomic E-state index is 3.86. The average molecular weight is 194 g/mol. The summed E-state index contributed by atoms with van der Waals surface area (Å²) >= 11 is 0. The van der Waals surface area contributed by atoms with Crippen molar-refractivity contribution < 1.29 is 0 Å². The van der Waals surface area contributed by atoms with Crippen LogP contribution < -0.4 is 0 Å². The fraction of sp³-hybridized carbons (Fsp3) is 0.714. The van der Waals surface area contributed by atoms with Crippen molar-refractivity contribution >= 4 is 0 Å². The molecule has 0 aromatic carbocycles. The van der Waals surface area contributed by atoms with Gasteiger partial charge in [-0.1, -0.05) is 57.6 Å². The summed E-state index contributed by atoms with van der Waals surface area (Å²) in [6.45, 7) is 9.89. The monoisotopic (exact) mass is 194 g/mol. The lowest BCUT2D eigenvalue weighted by Gasteiger charge is -2.08. The molecule has 0 heterocycles. The molecule has 0 amide bonds. The van der Waals surface area contributed by atoms with E-state index >= 15 is 0 Å². The molecule has 0 aromatic heterocycles. The molecule has 0 N–H and O–H groups in total. The van der Waals surface area contributed by atoms with Crippen molar-refractivity contribution in [2.75, 3.05) is 0 Å². The molecule has 0 saturated heterocycles. The molecule has 0 bridgehead atoms. The highest BCUT2D eigenvalue weighted by Crippen LogP contribution is 2.16. The van der Waals surface area contributed by atoms with Gasteiger partial charge >= 0.3 is 0 Å². The lowest BCUT2D eigenvalue weighted by atomic mass is 9.97. The topological polar surface area (TPSA) is 0 Å². The van der Waals surface area contributed by atoms with Crippen LogP contribution in [-0.4, -0.2) is 0 Å². The van der Waals surface area contributed by atoms with E-state index in [1.54, 1.807) is 0 Å². The standard InChI is InChI=1S/C14H26/c1-4-7-8-9-10-11-13-14(6-3)12-5-2/h5-6,14H,2-4,7-13H2,1H3/t14-/m0/s1. The Labute approximate surface area is 90.1 Å². The molecular formula is C14H26. The van der Waals surface area contributed by atoms with Crippen LogP contribution in [0.15, 0.2) is 25.3 Å². The van der Waals surface area contributed by atoms with Gasteiger partial charge in [-0.25, -0.2) is 0 Å². The average Bonchev–Trinajstić information content (AvgIpc) is 2.21. The molecule has 0 aromatic rings. The molecule has 14 heavy (non-hydrogen) atoms. The van der Waals surface area contributed by atoms with Crippen molar-refractivity contribution in [2.45, 2.75) is 58.3 Å². The lowest BCUT2D eigenvalue weighted by molar-refractivity contribution is 0.523. The highest BCUT2D eigenvalue weighted by molar-refractivity contribution is 4.84. The fourth-order valence-corrected chi connectivity index (χ4v) is 1.73. The zero-order valence-corrected chi connectivity index (χ0v) is 9.80.